The van der Waals surface area contributed by atoms with E-state index < -0.39 is 0 Å². The van der Waals surface area contributed by atoms with Crippen LogP contribution in [-0.2, 0) is 0 Å². The van der Waals surface area contributed by atoms with Crippen molar-refractivity contribution in [2.45, 2.75) is 0 Å². The average molecular weight is 1100 g/mol. The summed E-state index contributed by atoms with van der Waals surface area (Å²) in [7, 11) is 0. The summed E-state index contributed by atoms with van der Waals surface area (Å²) in [5.74, 6) is 0. The summed E-state index contributed by atoms with van der Waals surface area (Å²) in [5, 5.41) is 0. The van der Waals surface area contributed by atoms with Crippen LogP contribution in [0.1, 0.15) is 22.3 Å². The van der Waals surface area contributed by atoms with Gasteiger partial charge in [-0.15, -0.1) is 0 Å². The molecule has 0 atom stereocenters. The minimum absolute atomic E-state index is 1.09. The van der Waals surface area contributed by atoms with Crippen LogP contribution in [0.4, 0.5) is 68.2 Å². The van der Waals surface area contributed by atoms with E-state index in [9.17, 15) is 0 Å². The Balaban J connectivity index is 0.655. The topological polar surface area (TPSA) is 13.0 Å². The SMILES string of the molecule is C(=C\c1ccc(N(c2ccccc2)c2ccc(-c3ccc(N(c4ccccc4)c4ccccc4)cc3)cc2)cc1)/c1ccc(/C=C/c2ccc(N(c3ccccc3)c3ccc(-c4ccc(N(c5ccccc5)c5ccccc5)cc4)cc3)cc2)cc1. The molecule has 13 aromatic carbocycles. The van der Waals surface area contributed by atoms with E-state index in [1.54, 1.807) is 0 Å². The highest BCUT2D eigenvalue weighted by molar-refractivity contribution is 5.84. The number of nitrogens with zero attached hydrogens (tertiary/aromatic N) is 4. The molecule has 0 unspecified atom stereocenters. The number of hydrogen-bond acceptors (Lipinski definition) is 4. The van der Waals surface area contributed by atoms with Crippen molar-refractivity contribution in [1.29, 1.82) is 0 Å². The quantitative estimate of drug-likeness (QED) is 0.0794. The second-order valence-corrected chi connectivity index (χ2v) is 21.1. The second-order valence-electron chi connectivity index (χ2n) is 21.1. The lowest BCUT2D eigenvalue weighted by Crippen LogP contribution is -2.09. The first-order valence-electron chi connectivity index (χ1n) is 29.2. The number of hydrogen-bond donors (Lipinski definition) is 0. The Morgan fingerprint density at radius 2 is 0.256 bits per heavy atom. The molecule has 0 bridgehead atoms. The molecule has 0 aliphatic carbocycles. The Bertz CT molecular complexity index is 3930. The van der Waals surface area contributed by atoms with E-state index in [4.69, 9.17) is 0 Å². The molecule has 0 aliphatic heterocycles. The van der Waals surface area contributed by atoms with Crippen molar-refractivity contribution in [3.05, 3.63) is 374 Å². The van der Waals surface area contributed by atoms with Crippen molar-refractivity contribution < 1.29 is 0 Å². The zero-order valence-electron chi connectivity index (χ0n) is 47.6. The van der Waals surface area contributed by atoms with Crippen LogP contribution in [0.25, 0.3) is 46.6 Å². The molecule has 86 heavy (non-hydrogen) atoms. The fourth-order valence-electron chi connectivity index (χ4n) is 11.0. The molecule has 0 aromatic heterocycles. The van der Waals surface area contributed by atoms with E-state index in [1.165, 1.54) is 0 Å². The van der Waals surface area contributed by atoms with E-state index in [0.29, 0.717) is 0 Å². The molecule has 4 nitrogen and oxygen atoms in total. The standard InChI is InChI=1S/C82H62N4/c1-7-19-71(20-8-1)83(72-21-9-2-10-22-72)79-55-43-67(44-56-79)69-47-59-81(60-48-69)85(75-27-15-5-16-28-75)77-51-39-65(40-52-77)37-35-63-31-33-64(34-32-63)36-38-66-41-53-78(54-42-66)86(76-29-17-6-18-30-76)82-61-49-70(50-62-82)68-45-57-80(58-46-68)84(73-23-11-3-12-24-73)74-25-13-4-14-26-74/h1-62H/b37-35+,38-36+. The monoisotopic (exact) mass is 1100 g/mol. The van der Waals surface area contributed by atoms with Gasteiger partial charge in [0.2, 0.25) is 0 Å². The van der Waals surface area contributed by atoms with Crippen molar-refractivity contribution >= 4 is 92.6 Å². The maximum Gasteiger partial charge on any atom is 0.0462 e. The third-order valence-corrected chi connectivity index (χ3v) is 15.4. The van der Waals surface area contributed by atoms with Gasteiger partial charge >= 0.3 is 0 Å². The van der Waals surface area contributed by atoms with Gasteiger partial charge in [-0.25, -0.2) is 0 Å². The van der Waals surface area contributed by atoms with Gasteiger partial charge in [-0.2, -0.15) is 0 Å². The van der Waals surface area contributed by atoms with Crippen molar-refractivity contribution in [2.75, 3.05) is 19.6 Å². The van der Waals surface area contributed by atoms with Gasteiger partial charge in [-0.05, 0) is 190 Å². The van der Waals surface area contributed by atoms with Crippen LogP contribution in [0.15, 0.2) is 352 Å². The highest BCUT2D eigenvalue weighted by Gasteiger charge is 2.17. The molecule has 0 saturated heterocycles. The molecule has 410 valence electrons. The smallest absolute Gasteiger partial charge is 0.0462 e. The summed E-state index contributed by atoms with van der Waals surface area (Å²) in [6, 6.07) is 125. The molecule has 0 aliphatic rings. The maximum absolute atomic E-state index is 2.31. The normalized spacial score (nSPS) is 11.2. The van der Waals surface area contributed by atoms with E-state index in [-0.39, 0.29) is 0 Å². The Hall–Kier alpha value is -11.5. The first-order valence-corrected chi connectivity index (χ1v) is 29.2. The molecule has 0 saturated carbocycles. The van der Waals surface area contributed by atoms with Gasteiger partial charge in [0, 0.05) is 68.2 Å². The van der Waals surface area contributed by atoms with Crippen LogP contribution in [0.3, 0.4) is 0 Å². The maximum atomic E-state index is 2.31. The largest absolute Gasteiger partial charge is 0.311 e. The van der Waals surface area contributed by atoms with E-state index in [0.717, 1.165) is 113 Å². The average Bonchev–Trinajstić information content (AvgIpc) is 3.70. The molecular weight excluding hydrogens is 1040 g/mol. The van der Waals surface area contributed by atoms with E-state index in [1.807, 2.05) is 0 Å². The van der Waals surface area contributed by atoms with Gasteiger partial charge in [0.05, 0.1) is 0 Å². The third-order valence-electron chi connectivity index (χ3n) is 15.4. The lowest BCUT2D eigenvalue weighted by atomic mass is 10.0. The van der Waals surface area contributed by atoms with Gasteiger partial charge in [-0.1, -0.05) is 231 Å². The molecule has 0 spiro atoms. The molecule has 13 rings (SSSR count). The minimum Gasteiger partial charge on any atom is -0.311 e. The predicted octanol–water partition coefficient (Wildman–Crippen LogP) is 23.2. The zero-order chi connectivity index (χ0) is 57.7. The van der Waals surface area contributed by atoms with Gasteiger partial charge in [0.25, 0.3) is 0 Å². The molecular formula is C82H62N4. The van der Waals surface area contributed by atoms with E-state index in [2.05, 4.69) is 396 Å². The minimum atomic E-state index is 1.09. The highest BCUT2D eigenvalue weighted by atomic mass is 15.2. The van der Waals surface area contributed by atoms with Crippen molar-refractivity contribution in [1.82, 2.24) is 0 Å². The van der Waals surface area contributed by atoms with Crippen LogP contribution in [-0.4, -0.2) is 0 Å². The van der Waals surface area contributed by atoms with E-state index >= 15 is 0 Å². The van der Waals surface area contributed by atoms with Crippen LogP contribution < -0.4 is 19.6 Å². The first-order chi connectivity index (χ1) is 42.6. The number of anilines is 12. The van der Waals surface area contributed by atoms with Gasteiger partial charge in [0.15, 0.2) is 0 Å². The van der Waals surface area contributed by atoms with Crippen LogP contribution >= 0.6 is 0 Å². The fraction of sp³-hybridized carbons (Fsp3) is 0. The van der Waals surface area contributed by atoms with Crippen molar-refractivity contribution in [3.8, 4) is 22.3 Å². The second kappa shape index (κ2) is 25.8. The van der Waals surface area contributed by atoms with Crippen molar-refractivity contribution in [2.24, 2.45) is 0 Å². The summed E-state index contributed by atoms with van der Waals surface area (Å²) < 4.78 is 0. The summed E-state index contributed by atoms with van der Waals surface area (Å²) in [5.41, 5.74) is 22.5. The Kier molecular flexibility index (Phi) is 16.1. The zero-order valence-corrected chi connectivity index (χ0v) is 47.6. The van der Waals surface area contributed by atoms with Gasteiger partial charge in [-0.3, -0.25) is 0 Å². The summed E-state index contributed by atoms with van der Waals surface area (Å²) >= 11 is 0. The first kappa shape index (κ1) is 53.8. The van der Waals surface area contributed by atoms with Crippen LogP contribution in [0.2, 0.25) is 0 Å². The fourth-order valence-corrected chi connectivity index (χ4v) is 11.0. The number of rotatable bonds is 18. The van der Waals surface area contributed by atoms with Gasteiger partial charge in [0.1, 0.15) is 0 Å². The Morgan fingerprint density at radius 3 is 0.419 bits per heavy atom. The third kappa shape index (κ3) is 12.5. The van der Waals surface area contributed by atoms with Crippen LogP contribution in [0, 0.1) is 0 Å². The molecule has 0 fully saturated rings. The predicted molar refractivity (Wildman–Crippen MR) is 367 cm³/mol. The lowest BCUT2D eigenvalue weighted by molar-refractivity contribution is 1.28. The molecule has 0 radical (unpaired) electrons. The lowest BCUT2D eigenvalue weighted by Gasteiger charge is -2.26. The molecule has 13 aromatic rings. The Labute approximate surface area is 505 Å². The summed E-state index contributed by atoms with van der Waals surface area (Å²) in [6.45, 7) is 0. The molecule has 4 heteroatoms. The molecule has 0 amide bonds. The Morgan fingerprint density at radius 1 is 0.128 bits per heavy atom. The summed E-state index contributed by atoms with van der Waals surface area (Å²) in [4.78, 5) is 9.20. The van der Waals surface area contributed by atoms with Gasteiger partial charge < -0.3 is 19.6 Å². The summed E-state index contributed by atoms with van der Waals surface area (Å²) in [6.07, 6.45) is 8.72. The molecule has 0 N–H and O–H groups in total. The van der Waals surface area contributed by atoms with Crippen molar-refractivity contribution in [3.63, 3.8) is 0 Å². The molecule has 0 heterocycles. The van der Waals surface area contributed by atoms with Crippen LogP contribution in [0.5, 0.6) is 0 Å². The highest BCUT2D eigenvalue weighted by Crippen LogP contribution is 2.41. The number of para-hydroxylation sites is 6. The number of benzene rings is 13.